The Hall–Kier alpha value is -1.95. The van der Waals surface area contributed by atoms with E-state index < -0.39 is 0 Å². The van der Waals surface area contributed by atoms with Gasteiger partial charge in [0.1, 0.15) is 0 Å². The van der Waals surface area contributed by atoms with Crippen molar-refractivity contribution in [3.05, 3.63) is 45.4 Å². The number of hydrogen-bond acceptors (Lipinski definition) is 4. The first-order chi connectivity index (χ1) is 12.6. The molecule has 26 heavy (non-hydrogen) atoms. The van der Waals surface area contributed by atoms with Crippen molar-refractivity contribution in [2.45, 2.75) is 65.6 Å². The molecule has 1 saturated heterocycles. The first-order valence-corrected chi connectivity index (χ1v) is 9.91. The first-order valence-electron chi connectivity index (χ1n) is 9.91. The molecule has 0 radical (unpaired) electrons. The molecule has 2 aliphatic rings. The van der Waals surface area contributed by atoms with Crippen LogP contribution in [0.5, 0.6) is 0 Å². The van der Waals surface area contributed by atoms with Crippen molar-refractivity contribution in [3.8, 4) is 0 Å². The summed E-state index contributed by atoms with van der Waals surface area (Å²) >= 11 is 0. The van der Waals surface area contributed by atoms with Gasteiger partial charge in [-0.2, -0.15) is 5.10 Å². The Morgan fingerprint density at radius 2 is 1.96 bits per heavy atom. The molecule has 2 aliphatic heterocycles. The summed E-state index contributed by atoms with van der Waals surface area (Å²) in [4.78, 5) is 19.2. The van der Waals surface area contributed by atoms with E-state index in [4.69, 9.17) is 5.10 Å². The average Bonchev–Trinajstić information content (AvgIpc) is 3.06. The average molecular weight is 355 g/mol. The largest absolute Gasteiger partial charge is 0.299 e. The number of hydrogen-bond donors (Lipinski definition) is 0. The number of likely N-dealkylation sites (tertiary alicyclic amines) is 1. The van der Waals surface area contributed by atoms with Crippen molar-refractivity contribution >= 4 is 0 Å². The van der Waals surface area contributed by atoms with Crippen LogP contribution in [-0.2, 0) is 26.1 Å². The highest BCUT2D eigenvalue weighted by Gasteiger charge is 2.22. The van der Waals surface area contributed by atoms with Crippen LogP contribution in [0.4, 0.5) is 0 Å². The number of piperidine rings is 1. The Morgan fingerprint density at radius 1 is 1.15 bits per heavy atom. The number of nitrogens with zero attached hydrogens (tertiary/aromatic N) is 5. The van der Waals surface area contributed by atoms with E-state index in [2.05, 4.69) is 20.6 Å². The third-order valence-corrected chi connectivity index (χ3v) is 6.03. The second-order valence-electron chi connectivity index (χ2n) is 7.94. The van der Waals surface area contributed by atoms with Crippen LogP contribution in [0.15, 0.2) is 17.2 Å². The summed E-state index contributed by atoms with van der Waals surface area (Å²) in [5.41, 5.74) is 4.35. The van der Waals surface area contributed by atoms with Crippen LogP contribution in [-0.4, -0.2) is 37.3 Å². The molecule has 6 nitrogen and oxygen atoms in total. The maximum Gasteiger partial charge on any atom is 0.256 e. The molecule has 0 bridgehead atoms. The van der Waals surface area contributed by atoms with Gasteiger partial charge in [-0.15, -0.1) is 0 Å². The predicted octanol–water partition coefficient (Wildman–Crippen LogP) is 2.31. The molecule has 0 amide bonds. The summed E-state index contributed by atoms with van der Waals surface area (Å²) in [5, 5.41) is 4.78. The minimum atomic E-state index is 0.114. The zero-order valence-electron chi connectivity index (χ0n) is 15.9. The minimum absolute atomic E-state index is 0.114. The normalized spacial score (nSPS) is 18.8. The van der Waals surface area contributed by atoms with Gasteiger partial charge in [-0.3, -0.25) is 18.9 Å². The second-order valence-corrected chi connectivity index (χ2v) is 7.94. The van der Waals surface area contributed by atoms with Crippen molar-refractivity contribution in [2.75, 3.05) is 13.1 Å². The van der Waals surface area contributed by atoms with E-state index in [9.17, 15) is 4.79 Å². The smallest absolute Gasteiger partial charge is 0.256 e. The third-order valence-electron chi connectivity index (χ3n) is 6.03. The van der Waals surface area contributed by atoms with Gasteiger partial charge >= 0.3 is 0 Å². The number of fused-ring (bicyclic) bond motifs is 1. The highest BCUT2D eigenvalue weighted by Crippen LogP contribution is 2.21. The van der Waals surface area contributed by atoms with Crippen LogP contribution in [0, 0.1) is 19.8 Å². The van der Waals surface area contributed by atoms with Crippen LogP contribution in [0.25, 0.3) is 0 Å². The lowest BCUT2D eigenvalue weighted by Gasteiger charge is -2.31. The Kier molecular flexibility index (Phi) is 4.94. The van der Waals surface area contributed by atoms with E-state index in [1.165, 1.54) is 30.7 Å². The summed E-state index contributed by atoms with van der Waals surface area (Å²) < 4.78 is 4.00. The highest BCUT2D eigenvalue weighted by molar-refractivity contribution is 5.13. The van der Waals surface area contributed by atoms with E-state index in [-0.39, 0.29) is 5.56 Å². The summed E-state index contributed by atoms with van der Waals surface area (Å²) in [5.74, 6) is 0.558. The summed E-state index contributed by atoms with van der Waals surface area (Å²) in [6.45, 7) is 8.76. The first kappa shape index (κ1) is 17.5. The van der Waals surface area contributed by atoms with Gasteiger partial charge in [0.15, 0.2) is 0 Å². The molecule has 0 aliphatic carbocycles. The second kappa shape index (κ2) is 7.35. The zero-order chi connectivity index (χ0) is 18.1. The number of rotatable bonds is 4. The van der Waals surface area contributed by atoms with Crippen LogP contribution in [0.2, 0.25) is 0 Å². The monoisotopic (exact) mass is 355 g/mol. The van der Waals surface area contributed by atoms with Gasteiger partial charge in [0.25, 0.3) is 5.56 Å². The van der Waals surface area contributed by atoms with Gasteiger partial charge < -0.3 is 0 Å². The Balaban J connectivity index is 1.32. The molecular weight excluding hydrogens is 326 g/mol. The van der Waals surface area contributed by atoms with Gasteiger partial charge in [-0.1, -0.05) is 0 Å². The fourth-order valence-corrected chi connectivity index (χ4v) is 4.19. The van der Waals surface area contributed by atoms with Crippen LogP contribution in [0.3, 0.4) is 0 Å². The molecule has 6 heteroatoms. The summed E-state index contributed by atoms with van der Waals surface area (Å²) in [6.07, 6.45) is 7.70. The molecular formula is C20H29N5O. The molecule has 0 unspecified atom stereocenters. The van der Waals surface area contributed by atoms with Gasteiger partial charge in [-0.25, -0.2) is 4.98 Å². The molecule has 4 heterocycles. The summed E-state index contributed by atoms with van der Waals surface area (Å²) in [6, 6.07) is 2.30. The van der Waals surface area contributed by atoms with Crippen molar-refractivity contribution < 1.29 is 0 Å². The lowest BCUT2D eigenvalue weighted by molar-refractivity contribution is 0.164. The molecule has 0 spiro atoms. The fraction of sp³-hybridized carbons (Fsp3) is 0.650. The van der Waals surface area contributed by atoms with Gasteiger partial charge in [0.2, 0.25) is 0 Å². The number of aromatic nitrogens is 4. The van der Waals surface area contributed by atoms with Crippen molar-refractivity contribution in [1.82, 2.24) is 24.2 Å². The SMILES string of the molecule is Cc1ncn(CC2CCN(Cc3cc4n(n3)CCCC4)CC2)c(=O)c1C. The molecule has 4 rings (SSSR count). The van der Waals surface area contributed by atoms with Crippen molar-refractivity contribution in [1.29, 1.82) is 0 Å². The third kappa shape index (κ3) is 3.61. The van der Waals surface area contributed by atoms with Crippen LogP contribution >= 0.6 is 0 Å². The summed E-state index contributed by atoms with van der Waals surface area (Å²) in [7, 11) is 0. The van der Waals surface area contributed by atoms with E-state index in [1.807, 2.05) is 13.8 Å². The van der Waals surface area contributed by atoms with E-state index in [0.29, 0.717) is 5.92 Å². The molecule has 0 saturated carbocycles. The van der Waals surface area contributed by atoms with Gasteiger partial charge in [0.05, 0.1) is 12.0 Å². The number of aryl methyl sites for hydroxylation is 3. The molecule has 2 aromatic heterocycles. The molecule has 0 atom stereocenters. The molecule has 0 aromatic carbocycles. The quantitative estimate of drug-likeness (QED) is 0.844. The van der Waals surface area contributed by atoms with Crippen molar-refractivity contribution in [2.24, 2.45) is 5.92 Å². The minimum Gasteiger partial charge on any atom is -0.299 e. The highest BCUT2D eigenvalue weighted by atomic mass is 16.1. The molecule has 1 fully saturated rings. The van der Waals surface area contributed by atoms with Crippen LogP contribution in [0.1, 0.15) is 48.3 Å². The fourth-order valence-electron chi connectivity index (χ4n) is 4.19. The Labute approximate surface area is 154 Å². The molecule has 140 valence electrons. The van der Waals surface area contributed by atoms with Crippen LogP contribution < -0.4 is 5.56 Å². The molecule has 0 N–H and O–H groups in total. The maximum atomic E-state index is 12.4. The Morgan fingerprint density at radius 3 is 2.73 bits per heavy atom. The predicted molar refractivity (Wildman–Crippen MR) is 101 cm³/mol. The lowest BCUT2D eigenvalue weighted by Crippen LogP contribution is -2.36. The van der Waals surface area contributed by atoms with E-state index in [0.717, 1.165) is 56.8 Å². The topological polar surface area (TPSA) is 56.0 Å². The maximum absolute atomic E-state index is 12.4. The standard InChI is InChI=1S/C20H29N5O/c1-15-16(2)21-14-24(20(15)26)12-17-6-9-23(10-7-17)13-18-11-19-5-3-4-8-25(19)22-18/h11,14,17H,3-10,12-13H2,1-2H3. The lowest BCUT2D eigenvalue weighted by atomic mass is 9.96. The van der Waals surface area contributed by atoms with E-state index >= 15 is 0 Å². The molecule has 2 aromatic rings. The van der Waals surface area contributed by atoms with Gasteiger partial charge in [0, 0.05) is 36.6 Å². The van der Waals surface area contributed by atoms with Gasteiger partial charge in [-0.05, 0) is 71.0 Å². The van der Waals surface area contributed by atoms with E-state index in [1.54, 1.807) is 10.9 Å². The Bertz CT molecular complexity index is 806. The zero-order valence-corrected chi connectivity index (χ0v) is 15.9. The van der Waals surface area contributed by atoms with Crippen molar-refractivity contribution in [3.63, 3.8) is 0 Å².